The van der Waals surface area contributed by atoms with E-state index in [4.69, 9.17) is 46.4 Å². The average molecular weight is 611 g/mol. The summed E-state index contributed by atoms with van der Waals surface area (Å²) in [6, 6.07) is 13.5. The number of benzene rings is 3. The summed E-state index contributed by atoms with van der Waals surface area (Å²) in [5.41, 5.74) is 0.906. The molecule has 0 saturated heterocycles. The van der Waals surface area contributed by atoms with Gasteiger partial charge in [0, 0.05) is 22.5 Å². The van der Waals surface area contributed by atoms with Crippen LogP contribution >= 0.6 is 62.3 Å². The van der Waals surface area contributed by atoms with Gasteiger partial charge >= 0.3 is 0 Å². The second-order valence-corrected chi connectivity index (χ2v) is 10.8. The molecule has 4 nitrogen and oxygen atoms in total. The molecule has 0 spiro atoms. The summed E-state index contributed by atoms with van der Waals surface area (Å²) in [5, 5.41) is 16.6. The van der Waals surface area contributed by atoms with Gasteiger partial charge in [0.1, 0.15) is 16.4 Å². The minimum atomic E-state index is -1.22. The fourth-order valence-electron chi connectivity index (χ4n) is 3.73. The fraction of sp³-hybridized carbons (Fsp3) is 0.174. The molecule has 0 aromatic heterocycles. The van der Waals surface area contributed by atoms with Gasteiger partial charge in [-0.2, -0.15) is 0 Å². The Kier molecular flexibility index (Phi) is 7.34. The first-order chi connectivity index (χ1) is 16.0. The Bertz CT molecular complexity index is 1280. The van der Waals surface area contributed by atoms with Gasteiger partial charge in [0.2, 0.25) is 0 Å². The van der Waals surface area contributed by atoms with Gasteiger partial charge in [-0.1, -0.05) is 35.3 Å². The van der Waals surface area contributed by atoms with Gasteiger partial charge in [0.05, 0.1) is 20.7 Å². The number of nitrogens with one attached hydrogen (secondary N) is 2. The Morgan fingerprint density at radius 3 is 2.53 bits per heavy atom. The molecule has 3 N–H and O–H groups in total. The molecule has 0 aliphatic heterocycles. The lowest BCUT2D eigenvalue weighted by atomic mass is 10.1. The van der Waals surface area contributed by atoms with Gasteiger partial charge in [-0.15, -0.1) is 23.2 Å². The van der Waals surface area contributed by atoms with E-state index in [0.717, 1.165) is 17.7 Å². The van der Waals surface area contributed by atoms with Crippen molar-refractivity contribution in [3.63, 3.8) is 0 Å². The first-order valence-corrected chi connectivity index (χ1v) is 12.1. The molecule has 1 aliphatic carbocycles. The third-order valence-corrected chi connectivity index (χ3v) is 7.73. The predicted molar refractivity (Wildman–Crippen MR) is 135 cm³/mol. The SMILES string of the molecule is O=C(Nc1ccc(F)c(Br)c1F)c1cc(N[C@@H](O)C2C(c3cccc(Cl)c3)C2(Cl)Cl)ccc1Cl. The van der Waals surface area contributed by atoms with Crippen molar-refractivity contribution < 1.29 is 18.7 Å². The molecule has 1 aliphatic rings. The number of hydrogen-bond acceptors (Lipinski definition) is 3. The van der Waals surface area contributed by atoms with Crippen molar-refractivity contribution >= 4 is 79.6 Å². The highest BCUT2D eigenvalue weighted by Crippen LogP contribution is 2.66. The number of carbonyl (C=O) groups excluding carboxylic acids is 1. The quantitative estimate of drug-likeness (QED) is 0.153. The van der Waals surface area contributed by atoms with Crippen LogP contribution in [0.5, 0.6) is 0 Å². The lowest BCUT2D eigenvalue weighted by Crippen LogP contribution is -2.24. The molecule has 1 fully saturated rings. The summed E-state index contributed by atoms with van der Waals surface area (Å²) in [6.45, 7) is 0. The van der Waals surface area contributed by atoms with Gasteiger partial charge < -0.3 is 15.7 Å². The van der Waals surface area contributed by atoms with Crippen molar-refractivity contribution in [1.29, 1.82) is 0 Å². The monoisotopic (exact) mass is 608 g/mol. The largest absolute Gasteiger partial charge is 0.373 e. The third-order valence-electron chi connectivity index (χ3n) is 5.47. The molecule has 0 bridgehead atoms. The van der Waals surface area contributed by atoms with Gasteiger partial charge in [0.15, 0.2) is 5.82 Å². The zero-order valence-corrected chi connectivity index (χ0v) is 21.5. The lowest BCUT2D eigenvalue weighted by molar-refractivity contribution is 0.102. The van der Waals surface area contributed by atoms with Crippen molar-refractivity contribution in [2.75, 3.05) is 10.6 Å². The van der Waals surface area contributed by atoms with E-state index in [2.05, 4.69) is 26.6 Å². The minimum absolute atomic E-state index is 0.00362. The molecular weight excluding hydrogens is 596 g/mol. The highest BCUT2D eigenvalue weighted by atomic mass is 79.9. The van der Waals surface area contributed by atoms with Crippen molar-refractivity contribution in [3.8, 4) is 0 Å². The van der Waals surface area contributed by atoms with E-state index in [1.807, 2.05) is 6.07 Å². The van der Waals surface area contributed by atoms with Crippen molar-refractivity contribution in [1.82, 2.24) is 0 Å². The number of anilines is 2. The van der Waals surface area contributed by atoms with Crippen LogP contribution in [0.15, 0.2) is 59.1 Å². The molecule has 178 valence electrons. The molecule has 2 unspecified atom stereocenters. The molecule has 0 heterocycles. The first-order valence-electron chi connectivity index (χ1n) is 9.83. The van der Waals surface area contributed by atoms with E-state index in [1.165, 1.54) is 12.1 Å². The fourth-order valence-corrected chi connectivity index (χ4v) is 5.37. The van der Waals surface area contributed by atoms with Crippen LogP contribution in [0.3, 0.4) is 0 Å². The smallest absolute Gasteiger partial charge is 0.257 e. The van der Waals surface area contributed by atoms with Crippen LogP contribution in [0.4, 0.5) is 20.2 Å². The Morgan fingerprint density at radius 1 is 1.09 bits per heavy atom. The van der Waals surface area contributed by atoms with Crippen molar-refractivity contribution in [3.05, 3.63) is 91.9 Å². The molecular formula is C23H15BrCl4F2N2O2. The van der Waals surface area contributed by atoms with Crippen LogP contribution in [0.2, 0.25) is 10.0 Å². The number of hydrogen-bond donors (Lipinski definition) is 3. The second-order valence-electron chi connectivity index (χ2n) is 7.69. The molecule has 1 amide bonds. The highest BCUT2D eigenvalue weighted by molar-refractivity contribution is 9.10. The molecule has 3 atom stereocenters. The highest BCUT2D eigenvalue weighted by Gasteiger charge is 2.66. The van der Waals surface area contributed by atoms with E-state index in [-0.39, 0.29) is 22.2 Å². The number of carbonyl (C=O) groups is 1. The molecule has 4 rings (SSSR count). The maximum Gasteiger partial charge on any atom is 0.257 e. The van der Waals surface area contributed by atoms with Crippen LogP contribution in [-0.4, -0.2) is 21.6 Å². The normalized spacial score (nSPS) is 19.4. The van der Waals surface area contributed by atoms with E-state index < -0.39 is 38.5 Å². The minimum Gasteiger partial charge on any atom is -0.373 e. The standard InChI is InChI=1S/C23H15BrCl4F2N2O2/c24-19-15(29)6-7-16(20(19)30)32-21(33)13-9-12(4-5-14(13)26)31-22(34)18-17(23(18,27)28)10-2-1-3-11(25)8-10/h1-9,17-18,22,31,34H,(H,32,33)/t17?,18?,22-/m0/s1. The van der Waals surface area contributed by atoms with Crippen LogP contribution in [0, 0.1) is 17.6 Å². The molecule has 34 heavy (non-hydrogen) atoms. The number of aliphatic hydroxyl groups excluding tert-OH is 1. The number of alkyl halides is 2. The summed E-state index contributed by atoms with van der Waals surface area (Å²) in [6.07, 6.45) is -1.17. The summed E-state index contributed by atoms with van der Waals surface area (Å²) in [5.74, 6) is -3.43. The summed E-state index contributed by atoms with van der Waals surface area (Å²) < 4.78 is 26.1. The Balaban J connectivity index is 1.51. The number of amides is 1. The van der Waals surface area contributed by atoms with E-state index in [9.17, 15) is 18.7 Å². The Morgan fingerprint density at radius 2 is 1.82 bits per heavy atom. The Labute approximate surface area is 222 Å². The number of halogens is 7. The molecule has 1 saturated carbocycles. The maximum atomic E-state index is 14.2. The molecule has 0 radical (unpaired) electrons. The van der Waals surface area contributed by atoms with Crippen molar-refractivity contribution in [2.45, 2.75) is 16.5 Å². The maximum absolute atomic E-state index is 14.2. The number of aliphatic hydroxyl groups is 1. The van der Waals surface area contributed by atoms with Gasteiger partial charge in [-0.3, -0.25) is 4.79 Å². The molecule has 3 aromatic carbocycles. The van der Waals surface area contributed by atoms with E-state index >= 15 is 0 Å². The van der Waals surface area contributed by atoms with Gasteiger partial charge in [-0.25, -0.2) is 8.78 Å². The topological polar surface area (TPSA) is 61.4 Å². The average Bonchev–Trinajstić information content (AvgIpc) is 3.37. The van der Waals surface area contributed by atoms with E-state index in [1.54, 1.807) is 24.3 Å². The predicted octanol–water partition coefficient (Wildman–Crippen LogP) is 7.60. The van der Waals surface area contributed by atoms with Crippen LogP contribution < -0.4 is 10.6 Å². The zero-order valence-electron chi connectivity index (χ0n) is 16.9. The van der Waals surface area contributed by atoms with Crippen molar-refractivity contribution in [2.24, 2.45) is 5.92 Å². The zero-order chi connectivity index (χ0) is 24.8. The molecule has 11 heteroatoms. The second kappa shape index (κ2) is 9.80. The van der Waals surface area contributed by atoms with Crippen LogP contribution in [-0.2, 0) is 0 Å². The number of rotatable bonds is 6. The van der Waals surface area contributed by atoms with Crippen LogP contribution in [0.25, 0.3) is 0 Å². The summed E-state index contributed by atoms with van der Waals surface area (Å²) in [7, 11) is 0. The first kappa shape index (κ1) is 25.5. The van der Waals surface area contributed by atoms with Gasteiger partial charge in [-0.05, 0) is 64.0 Å². The summed E-state index contributed by atoms with van der Waals surface area (Å²) in [4.78, 5) is 12.7. The van der Waals surface area contributed by atoms with Crippen LogP contribution in [0.1, 0.15) is 21.8 Å². The lowest BCUT2D eigenvalue weighted by Gasteiger charge is -2.16. The van der Waals surface area contributed by atoms with Gasteiger partial charge in [0.25, 0.3) is 5.91 Å². The summed E-state index contributed by atoms with van der Waals surface area (Å²) >= 11 is 27.9. The molecule has 3 aromatic rings. The Hall–Kier alpha value is -1.61. The third kappa shape index (κ3) is 5.01. The van der Waals surface area contributed by atoms with E-state index in [0.29, 0.717) is 10.7 Å².